The smallest absolute Gasteiger partial charge is 0.335 e. The van der Waals surface area contributed by atoms with E-state index in [1.165, 1.54) is 0 Å². The van der Waals surface area contributed by atoms with E-state index in [0.29, 0.717) is 0 Å². The normalized spacial score (nSPS) is 18.1. The molecule has 1 fully saturated rings. The number of rotatable bonds is 7. The predicted octanol–water partition coefficient (Wildman–Crippen LogP) is 3.72. The SMILES string of the molecule is Cc1cc([C@H]2[C@H](c3ccccn3)NC(=S)N2CCN(C)C)c(C)n1-c1cccc(C(=O)O)c1. The molecule has 0 aliphatic carbocycles. The maximum absolute atomic E-state index is 11.5. The molecule has 1 aliphatic heterocycles. The lowest BCUT2D eigenvalue weighted by atomic mass is 9.96. The lowest BCUT2D eigenvalue weighted by Gasteiger charge is -2.29. The van der Waals surface area contributed by atoms with Gasteiger partial charge < -0.3 is 24.8 Å². The Bertz CT molecular complexity index is 1170. The van der Waals surface area contributed by atoms with Crippen molar-refractivity contribution in [2.24, 2.45) is 0 Å². The van der Waals surface area contributed by atoms with E-state index in [1.54, 1.807) is 24.4 Å². The molecule has 172 valence electrons. The van der Waals surface area contributed by atoms with Crippen LogP contribution in [-0.4, -0.2) is 62.7 Å². The van der Waals surface area contributed by atoms with Gasteiger partial charge in [-0.2, -0.15) is 0 Å². The van der Waals surface area contributed by atoms with E-state index in [1.807, 2.05) is 31.2 Å². The maximum Gasteiger partial charge on any atom is 0.335 e. The highest BCUT2D eigenvalue weighted by atomic mass is 32.1. The van der Waals surface area contributed by atoms with Crippen molar-refractivity contribution in [2.45, 2.75) is 25.9 Å². The third kappa shape index (κ3) is 4.49. The molecule has 2 atom stereocenters. The van der Waals surface area contributed by atoms with E-state index < -0.39 is 5.97 Å². The predicted molar refractivity (Wildman–Crippen MR) is 133 cm³/mol. The van der Waals surface area contributed by atoms with E-state index in [9.17, 15) is 9.90 Å². The number of likely N-dealkylation sites (N-methyl/N-ethyl adjacent to an activating group) is 1. The number of carboxylic acid groups (broad SMARTS) is 1. The molecule has 1 saturated heterocycles. The summed E-state index contributed by atoms with van der Waals surface area (Å²) >= 11 is 5.77. The zero-order valence-corrected chi connectivity index (χ0v) is 20.1. The van der Waals surface area contributed by atoms with Gasteiger partial charge in [-0.1, -0.05) is 12.1 Å². The molecule has 0 radical (unpaired) electrons. The van der Waals surface area contributed by atoms with Crippen molar-refractivity contribution in [1.29, 1.82) is 0 Å². The van der Waals surface area contributed by atoms with Crippen LogP contribution >= 0.6 is 12.2 Å². The Morgan fingerprint density at radius 3 is 2.64 bits per heavy atom. The van der Waals surface area contributed by atoms with Crippen LogP contribution in [0.5, 0.6) is 0 Å². The first kappa shape index (κ1) is 22.9. The summed E-state index contributed by atoms with van der Waals surface area (Å²) in [5.74, 6) is -0.935. The van der Waals surface area contributed by atoms with Gasteiger partial charge in [0, 0.05) is 36.4 Å². The number of benzene rings is 1. The molecule has 4 rings (SSSR count). The van der Waals surface area contributed by atoms with Gasteiger partial charge in [0.15, 0.2) is 5.11 Å². The van der Waals surface area contributed by atoms with Gasteiger partial charge in [0.05, 0.1) is 23.3 Å². The van der Waals surface area contributed by atoms with Crippen molar-refractivity contribution >= 4 is 23.3 Å². The highest BCUT2D eigenvalue weighted by Gasteiger charge is 2.41. The zero-order chi connectivity index (χ0) is 23.7. The summed E-state index contributed by atoms with van der Waals surface area (Å²) in [6, 6.07) is 15.0. The molecule has 2 N–H and O–H groups in total. The zero-order valence-electron chi connectivity index (χ0n) is 19.3. The van der Waals surface area contributed by atoms with Crippen molar-refractivity contribution in [3.63, 3.8) is 0 Å². The number of hydrogen-bond acceptors (Lipinski definition) is 4. The first-order valence-corrected chi connectivity index (χ1v) is 11.3. The number of aryl methyl sites for hydroxylation is 1. The fourth-order valence-corrected chi connectivity index (χ4v) is 4.89. The number of thiocarbonyl (C=S) groups is 1. The van der Waals surface area contributed by atoms with Gasteiger partial charge in [-0.05, 0) is 82.1 Å². The number of nitrogens with one attached hydrogen (secondary N) is 1. The second-order valence-corrected chi connectivity index (χ2v) is 9.03. The van der Waals surface area contributed by atoms with E-state index in [0.717, 1.165) is 46.5 Å². The van der Waals surface area contributed by atoms with Gasteiger partial charge >= 0.3 is 5.97 Å². The van der Waals surface area contributed by atoms with Crippen molar-refractivity contribution < 1.29 is 9.90 Å². The summed E-state index contributed by atoms with van der Waals surface area (Å²) < 4.78 is 2.11. The van der Waals surface area contributed by atoms with Crippen molar-refractivity contribution in [2.75, 3.05) is 27.2 Å². The van der Waals surface area contributed by atoms with Gasteiger partial charge in [-0.15, -0.1) is 0 Å². The molecule has 0 saturated carbocycles. The third-order valence-corrected chi connectivity index (χ3v) is 6.48. The molecule has 2 aromatic heterocycles. The summed E-state index contributed by atoms with van der Waals surface area (Å²) in [6.45, 7) is 5.78. The van der Waals surface area contributed by atoms with Gasteiger partial charge in [0.2, 0.25) is 0 Å². The monoisotopic (exact) mass is 463 g/mol. The number of pyridine rings is 1. The Balaban J connectivity index is 1.81. The molecule has 0 amide bonds. The number of carbonyl (C=O) groups is 1. The van der Waals surface area contributed by atoms with Gasteiger partial charge in [0.1, 0.15) is 0 Å². The maximum atomic E-state index is 11.5. The van der Waals surface area contributed by atoms with E-state index in [4.69, 9.17) is 12.2 Å². The summed E-state index contributed by atoms with van der Waals surface area (Å²) in [6.07, 6.45) is 1.81. The Labute approximate surface area is 199 Å². The number of aromatic carboxylic acids is 1. The minimum absolute atomic E-state index is 0.0324. The molecule has 7 nitrogen and oxygen atoms in total. The van der Waals surface area contributed by atoms with Gasteiger partial charge in [-0.3, -0.25) is 4.98 Å². The van der Waals surface area contributed by atoms with Crippen LogP contribution in [0.2, 0.25) is 0 Å². The van der Waals surface area contributed by atoms with Crippen molar-refractivity contribution in [3.8, 4) is 5.69 Å². The Morgan fingerprint density at radius 1 is 1.18 bits per heavy atom. The standard InChI is InChI=1S/C25H29N5O2S/c1-16-14-20(17(2)30(16)19-9-7-8-18(15-19)24(31)32)23-22(21-10-5-6-11-26-21)27-25(33)29(23)13-12-28(3)4/h5-11,14-15,22-23H,12-13H2,1-4H3,(H,27,33)(H,31,32)/t22-,23-/m0/s1. The molecule has 8 heteroatoms. The van der Waals surface area contributed by atoms with Crippen LogP contribution in [-0.2, 0) is 0 Å². The molecule has 0 spiro atoms. The van der Waals surface area contributed by atoms with Crippen LogP contribution < -0.4 is 5.32 Å². The van der Waals surface area contributed by atoms with Crippen LogP contribution in [0.3, 0.4) is 0 Å². The van der Waals surface area contributed by atoms with E-state index in [2.05, 4.69) is 51.8 Å². The number of hydrogen-bond donors (Lipinski definition) is 2. The summed E-state index contributed by atoms with van der Waals surface area (Å²) in [4.78, 5) is 20.5. The van der Waals surface area contributed by atoms with E-state index in [-0.39, 0.29) is 17.6 Å². The average Bonchev–Trinajstić information content (AvgIpc) is 3.27. The highest BCUT2D eigenvalue weighted by molar-refractivity contribution is 7.80. The van der Waals surface area contributed by atoms with Crippen LogP contribution in [0.4, 0.5) is 0 Å². The minimum atomic E-state index is -0.935. The largest absolute Gasteiger partial charge is 0.478 e. The number of nitrogens with zero attached hydrogens (tertiary/aromatic N) is 4. The first-order valence-electron chi connectivity index (χ1n) is 10.9. The first-order chi connectivity index (χ1) is 15.8. The molecule has 1 aliphatic rings. The number of carboxylic acids is 1. The molecule has 3 aromatic rings. The van der Waals surface area contributed by atoms with Crippen LogP contribution in [0.25, 0.3) is 5.69 Å². The molecule has 0 bridgehead atoms. The second-order valence-electron chi connectivity index (χ2n) is 8.64. The fraction of sp³-hybridized carbons (Fsp3) is 0.320. The van der Waals surface area contributed by atoms with Crippen molar-refractivity contribution in [1.82, 2.24) is 24.7 Å². The molecular weight excluding hydrogens is 434 g/mol. The van der Waals surface area contributed by atoms with Crippen molar-refractivity contribution in [3.05, 3.63) is 82.9 Å². The quantitative estimate of drug-likeness (QED) is 0.517. The second kappa shape index (κ2) is 9.33. The topological polar surface area (TPSA) is 73.6 Å². The van der Waals surface area contributed by atoms with Gasteiger partial charge in [-0.25, -0.2) is 4.79 Å². The summed E-state index contributed by atoms with van der Waals surface area (Å²) in [5.41, 5.74) is 5.28. The fourth-order valence-electron chi connectivity index (χ4n) is 4.55. The summed E-state index contributed by atoms with van der Waals surface area (Å²) in [7, 11) is 4.11. The molecule has 33 heavy (non-hydrogen) atoms. The summed E-state index contributed by atoms with van der Waals surface area (Å²) in [5, 5.41) is 13.7. The van der Waals surface area contributed by atoms with Gasteiger partial charge in [0.25, 0.3) is 0 Å². The molecule has 1 aromatic carbocycles. The minimum Gasteiger partial charge on any atom is -0.478 e. The Morgan fingerprint density at radius 2 is 1.97 bits per heavy atom. The van der Waals surface area contributed by atoms with Crippen LogP contribution in [0, 0.1) is 13.8 Å². The van der Waals surface area contributed by atoms with Crippen LogP contribution in [0.1, 0.15) is 45.1 Å². The molecular formula is C25H29N5O2S. The highest BCUT2D eigenvalue weighted by Crippen LogP contribution is 2.41. The molecule has 3 heterocycles. The number of aromatic nitrogens is 2. The third-order valence-electron chi connectivity index (χ3n) is 6.13. The lowest BCUT2D eigenvalue weighted by molar-refractivity contribution is 0.0697. The Hall–Kier alpha value is -3.23. The Kier molecular flexibility index (Phi) is 6.49. The van der Waals surface area contributed by atoms with Crippen LogP contribution in [0.15, 0.2) is 54.7 Å². The molecule has 0 unspecified atom stereocenters. The lowest BCUT2D eigenvalue weighted by Crippen LogP contribution is -2.35. The van der Waals surface area contributed by atoms with E-state index >= 15 is 0 Å². The average molecular weight is 464 g/mol.